The maximum Gasteiger partial charge on any atom is 0.228 e. The molecular formula is C13H23ClN4O. The summed E-state index contributed by atoms with van der Waals surface area (Å²) in [7, 11) is 1.82. The Balaban J connectivity index is 0.00000324. The molecule has 1 aromatic rings. The SMILES string of the molecule is CNCC(C)C(=O)Nc1cnc(C(C)(C)C)nc1.Cl. The summed E-state index contributed by atoms with van der Waals surface area (Å²) in [5.41, 5.74) is 0.554. The van der Waals surface area contributed by atoms with Gasteiger partial charge in [-0.3, -0.25) is 4.79 Å². The molecule has 1 aromatic heterocycles. The number of carbonyl (C=O) groups excluding carboxylic acids is 1. The van der Waals surface area contributed by atoms with Crippen LogP contribution in [0.4, 0.5) is 5.69 Å². The largest absolute Gasteiger partial charge is 0.323 e. The molecule has 0 saturated heterocycles. The van der Waals surface area contributed by atoms with Gasteiger partial charge in [0.05, 0.1) is 18.1 Å². The molecule has 1 rings (SSSR count). The highest BCUT2D eigenvalue weighted by Crippen LogP contribution is 2.18. The standard InChI is InChI=1S/C13H22N4O.ClH/c1-9(6-14-5)11(18)17-10-7-15-12(16-8-10)13(2,3)4;/h7-9,14H,6H2,1-5H3,(H,17,18);1H. The fourth-order valence-electron chi connectivity index (χ4n) is 1.44. The second-order valence-corrected chi connectivity index (χ2v) is 5.49. The van der Waals surface area contributed by atoms with Gasteiger partial charge in [-0.25, -0.2) is 9.97 Å². The van der Waals surface area contributed by atoms with E-state index in [9.17, 15) is 4.79 Å². The van der Waals surface area contributed by atoms with Crippen LogP contribution in [0.15, 0.2) is 12.4 Å². The Labute approximate surface area is 121 Å². The molecule has 0 saturated carbocycles. The Bertz CT molecular complexity index is 400. The smallest absolute Gasteiger partial charge is 0.228 e. The minimum Gasteiger partial charge on any atom is -0.323 e. The van der Waals surface area contributed by atoms with Crippen molar-refractivity contribution in [1.29, 1.82) is 0 Å². The van der Waals surface area contributed by atoms with E-state index in [1.54, 1.807) is 12.4 Å². The molecular weight excluding hydrogens is 264 g/mol. The Kier molecular flexibility index (Phi) is 6.94. The topological polar surface area (TPSA) is 66.9 Å². The van der Waals surface area contributed by atoms with Crippen molar-refractivity contribution < 1.29 is 4.79 Å². The Hall–Kier alpha value is -1.20. The number of carbonyl (C=O) groups is 1. The van der Waals surface area contributed by atoms with E-state index < -0.39 is 0 Å². The predicted octanol–water partition coefficient (Wildman–Crippen LogP) is 1.99. The summed E-state index contributed by atoms with van der Waals surface area (Å²) in [6, 6.07) is 0. The van der Waals surface area contributed by atoms with Crippen LogP contribution in [-0.4, -0.2) is 29.5 Å². The van der Waals surface area contributed by atoms with Gasteiger partial charge in [-0.05, 0) is 7.05 Å². The molecule has 0 fully saturated rings. The molecule has 1 unspecified atom stereocenters. The number of nitrogens with zero attached hydrogens (tertiary/aromatic N) is 2. The molecule has 1 heterocycles. The van der Waals surface area contributed by atoms with Gasteiger partial charge in [-0.15, -0.1) is 12.4 Å². The molecule has 1 atom stereocenters. The Morgan fingerprint density at radius 2 is 1.84 bits per heavy atom. The van der Waals surface area contributed by atoms with E-state index in [0.29, 0.717) is 12.2 Å². The summed E-state index contributed by atoms with van der Waals surface area (Å²) in [5, 5.41) is 5.77. The maximum atomic E-state index is 11.8. The number of hydrogen-bond donors (Lipinski definition) is 2. The van der Waals surface area contributed by atoms with Gasteiger partial charge in [0.1, 0.15) is 5.82 Å². The molecule has 19 heavy (non-hydrogen) atoms. The fourth-order valence-corrected chi connectivity index (χ4v) is 1.44. The lowest BCUT2D eigenvalue weighted by Gasteiger charge is -2.16. The number of hydrogen-bond acceptors (Lipinski definition) is 4. The van der Waals surface area contributed by atoms with Crippen molar-refractivity contribution in [2.24, 2.45) is 5.92 Å². The lowest BCUT2D eigenvalue weighted by atomic mass is 9.96. The van der Waals surface area contributed by atoms with E-state index in [-0.39, 0.29) is 29.6 Å². The van der Waals surface area contributed by atoms with Crippen LogP contribution in [0.2, 0.25) is 0 Å². The van der Waals surface area contributed by atoms with Crippen molar-refractivity contribution in [1.82, 2.24) is 15.3 Å². The van der Waals surface area contributed by atoms with E-state index in [4.69, 9.17) is 0 Å². The molecule has 0 aliphatic carbocycles. The van der Waals surface area contributed by atoms with Gasteiger partial charge in [0, 0.05) is 17.9 Å². The highest BCUT2D eigenvalue weighted by Gasteiger charge is 2.17. The summed E-state index contributed by atoms with van der Waals surface area (Å²) in [4.78, 5) is 20.3. The van der Waals surface area contributed by atoms with Crippen LogP contribution in [0.5, 0.6) is 0 Å². The summed E-state index contributed by atoms with van der Waals surface area (Å²) in [6.45, 7) is 8.67. The normalized spacial score (nSPS) is 12.5. The first-order chi connectivity index (χ1) is 8.34. The molecule has 2 N–H and O–H groups in total. The van der Waals surface area contributed by atoms with Crippen LogP contribution in [0.25, 0.3) is 0 Å². The van der Waals surface area contributed by atoms with Crippen LogP contribution in [-0.2, 0) is 10.2 Å². The number of aromatic nitrogens is 2. The predicted molar refractivity (Wildman–Crippen MR) is 79.7 cm³/mol. The molecule has 0 aromatic carbocycles. The molecule has 0 bridgehead atoms. The molecule has 0 aliphatic heterocycles. The van der Waals surface area contributed by atoms with E-state index in [0.717, 1.165) is 5.82 Å². The molecule has 0 aliphatic rings. The third-order valence-corrected chi connectivity index (χ3v) is 2.55. The van der Waals surface area contributed by atoms with Crippen molar-refractivity contribution in [2.45, 2.75) is 33.1 Å². The van der Waals surface area contributed by atoms with Crippen LogP contribution >= 0.6 is 12.4 Å². The van der Waals surface area contributed by atoms with E-state index in [2.05, 4.69) is 41.4 Å². The lowest BCUT2D eigenvalue weighted by molar-refractivity contribution is -0.119. The van der Waals surface area contributed by atoms with Crippen molar-refractivity contribution >= 4 is 24.0 Å². The molecule has 6 heteroatoms. The first kappa shape index (κ1) is 17.8. The third kappa shape index (κ3) is 5.53. The highest BCUT2D eigenvalue weighted by atomic mass is 35.5. The first-order valence-corrected chi connectivity index (χ1v) is 6.12. The van der Waals surface area contributed by atoms with Gasteiger partial charge >= 0.3 is 0 Å². The van der Waals surface area contributed by atoms with Gasteiger partial charge < -0.3 is 10.6 Å². The van der Waals surface area contributed by atoms with Crippen LogP contribution in [0, 0.1) is 5.92 Å². The van der Waals surface area contributed by atoms with Gasteiger partial charge in [0.25, 0.3) is 0 Å². The molecule has 0 spiro atoms. The monoisotopic (exact) mass is 286 g/mol. The van der Waals surface area contributed by atoms with Crippen LogP contribution in [0.1, 0.15) is 33.5 Å². The number of halogens is 1. The van der Waals surface area contributed by atoms with E-state index >= 15 is 0 Å². The van der Waals surface area contributed by atoms with E-state index in [1.165, 1.54) is 0 Å². The highest BCUT2D eigenvalue weighted by molar-refractivity contribution is 5.92. The number of nitrogens with one attached hydrogen (secondary N) is 2. The zero-order chi connectivity index (χ0) is 13.8. The first-order valence-electron chi connectivity index (χ1n) is 6.12. The summed E-state index contributed by atoms with van der Waals surface area (Å²) >= 11 is 0. The van der Waals surface area contributed by atoms with Gasteiger partial charge in [0.2, 0.25) is 5.91 Å². The average Bonchev–Trinajstić information content (AvgIpc) is 2.28. The van der Waals surface area contributed by atoms with Crippen LogP contribution < -0.4 is 10.6 Å². The molecule has 1 amide bonds. The number of amides is 1. The average molecular weight is 287 g/mol. The van der Waals surface area contributed by atoms with Crippen molar-refractivity contribution in [2.75, 3.05) is 18.9 Å². The summed E-state index contributed by atoms with van der Waals surface area (Å²) in [6.07, 6.45) is 3.30. The van der Waals surface area contributed by atoms with Gasteiger partial charge in [-0.2, -0.15) is 0 Å². The van der Waals surface area contributed by atoms with E-state index in [1.807, 2.05) is 14.0 Å². The number of anilines is 1. The maximum absolute atomic E-state index is 11.8. The number of rotatable bonds is 4. The summed E-state index contributed by atoms with van der Waals surface area (Å²) < 4.78 is 0. The van der Waals surface area contributed by atoms with Crippen molar-refractivity contribution in [3.8, 4) is 0 Å². The minimum absolute atomic E-state index is 0. The molecule has 0 radical (unpaired) electrons. The molecule has 108 valence electrons. The fraction of sp³-hybridized carbons (Fsp3) is 0.615. The zero-order valence-corrected chi connectivity index (χ0v) is 13.0. The lowest BCUT2D eigenvalue weighted by Crippen LogP contribution is -2.28. The summed E-state index contributed by atoms with van der Waals surface area (Å²) in [5.74, 6) is 0.650. The Morgan fingerprint density at radius 3 is 2.26 bits per heavy atom. The minimum atomic E-state index is -0.0858. The van der Waals surface area contributed by atoms with Crippen molar-refractivity contribution in [3.05, 3.63) is 18.2 Å². The quantitative estimate of drug-likeness (QED) is 0.888. The zero-order valence-electron chi connectivity index (χ0n) is 12.2. The second kappa shape index (κ2) is 7.40. The van der Waals surface area contributed by atoms with Crippen molar-refractivity contribution in [3.63, 3.8) is 0 Å². The van der Waals surface area contributed by atoms with Gasteiger partial charge in [0.15, 0.2) is 0 Å². The Morgan fingerprint density at radius 1 is 1.32 bits per heavy atom. The van der Waals surface area contributed by atoms with Gasteiger partial charge in [-0.1, -0.05) is 27.7 Å². The molecule has 5 nitrogen and oxygen atoms in total. The van der Waals surface area contributed by atoms with Crippen LogP contribution in [0.3, 0.4) is 0 Å². The third-order valence-electron chi connectivity index (χ3n) is 2.55. The second-order valence-electron chi connectivity index (χ2n) is 5.49.